The minimum absolute atomic E-state index is 0.0265. The van der Waals surface area contributed by atoms with Gasteiger partial charge in [0.2, 0.25) is 5.91 Å². The molecule has 4 rings (SSSR count). The number of anilines is 1. The molecule has 2 aromatic heterocycles. The number of nitrogens with one attached hydrogen (secondary N) is 1. The van der Waals surface area contributed by atoms with Crippen LogP contribution in [0.4, 0.5) is 5.82 Å². The average molecular weight is 520 g/mol. The van der Waals surface area contributed by atoms with Gasteiger partial charge in [0.15, 0.2) is 5.16 Å². The summed E-state index contributed by atoms with van der Waals surface area (Å²) in [5, 5.41) is 4.11. The third-order valence-electron chi connectivity index (χ3n) is 5.34. The van der Waals surface area contributed by atoms with Crippen LogP contribution in [0.3, 0.4) is 0 Å². The predicted molar refractivity (Wildman–Crippen MR) is 132 cm³/mol. The van der Waals surface area contributed by atoms with Crippen molar-refractivity contribution in [3.63, 3.8) is 0 Å². The first-order valence-electron chi connectivity index (χ1n) is 10.7. The Balaban J connectivity index is 1.34. The van der Waals surface area contributed by atoms with E-state index in [-0.39, 0.29) is 23.6 Å². The molecule has 0 radical (unpaired) electrons. The van der Waals surface area contributed by atoms with E-state index in [0.717, 1.165) is 0 Å². The summed E-state index contributed by atoms with van der Waals surface area (Å²) in [6, 6.07) is 12.1. The van der Waals surface area contributed by atoms with Crippen LogP contribution in [-0.4, -0.2) is 58.1 Å². The first kappa shape index (κ1) is 24.4. The van der Waals surface area contributed by atoms with Gasteiger partial charge in [-0.05, 0) is 43.3 Å². The number of thioether (sulfide) groups is 1. The molecule has 2 amide bonds. The quantitative estimate of drug-likeness (QED) is 0.285. The lowest BCUT2D eigenvalue weighted by Crippen LogP contribution is -2.54. The summed E-state index contributed by atoms with van der Waals surface area (Å²) in [4.78, 5) is 37.8. The molecule has 1 atom stereocenters. The molecule has 0 saturated carbocycles. The molecule has 34 heavy (non-hydrogen) atoms. The Kier molecular flexibility index (Phi) is 7.97. The number of carbonyl (C=O) groups excluding carboxylic acids is 2. The predicted octanol–water partition coefficient (Wildman–Crippen LogP) is 4.14. The number of hydrogen-bond acceptors (Lipinski definition) is 7. The van der Waals surface area contributed by atoms with E-state index in [9.17, 15) is 9.59 Å². The van der Waals surface area contributed by atoms with Gasteiger partial charge in [-0.15, -0.1) is 0 Å². The highest BCUT2D eigenvalue weighted by Crippen LogP contribution is 2.25. The van der Waals surface area contributed by atoms with Gasteiger partial charge in [-0.1, -0.05) is 35.0 Å². The molecular formula is C23H23Cl2N5O3S. The molecule has 1 aliphatic rings. The van der Waals surface area contributed by atoms with Gasteiger partial charge in [0.1, 0.15) is 16.7 Å². The summed E-state index contributed by atoms with van der Waals surface area (Å²) in [7, 11) is 0. The second kappa shape index (κ2) is 11.1. The van der Waals surface area contributed by atoms with Crippen LogP contribution in [0.15, 0.2) is 58.3 Å². The topological polar surface area (TPSA) is 91.6 Å². The highest BCUT2D eigenvalue weighted by Gasteiger charge is 2.29. The van der Waals surface area contributed by atoms with Crippen LogP contribution < -0.4 is 10.2 Å². The number of aromatic nitrogens is 2. The minimum atomic E-state index is -0.158. The SMILES string of the molecule is CC1CN(c2cc(Cl)nc(SCC(=O)NCc3ccco3)n2)CCN1C(=O)c1ccc(Cl)cc1. The Bertz CT molecular complexity index is 1140. The Hall–Kier alpha value is -2.75. The van der Waals surface area contributed by atoms with Crippen LogP contribution in [0.2, 0.25) is 10.2 Å². The van der Waals surface area contributed by atoms with E-state index in [1.165, 1.54) is 11.8 Å². The third-order valence-corrected chi connectivity index (χ3v) is 6.63. The van der Waals surface area contributed by atoms with E-state index in [4.69, 9.17) is 27.6 Å². The molecular weight excluding hydrogens is 497 g/mol. The highest BCUT2D eigenvalue weighted by atomic mass is 35.5. The van der Waals surface area contributed by atoms with Crippen LogP contribution in [0.25, 0.3) is 0 Å². The van der Waals surface area contributed by atoms with Crippen molar-refractivity contribution in [2.75, 3.05) is 30.3 Å². The number of nitrogens with zero attached hydrogens (tertiary/aromatic N) is 4. The number of halogens is 2. The summed E-state index contributed by atoms with van der Waals surface area (Å²) >= 11 is 13.4. The van der Waals surface area contributed by atoms with Crippen molar-refractivity contribution >= 4 is 52.6 Å². The Morgan fingerprint density at radius 2 is 1.97 bits per heavy atom. The molecule has 0 spiro atoms. The van der Waals surface area contributed by atoms with Gasteiger partial charge in [-0.2, -0.15) is 0 Å². The van der Waals surface area contributed by atoms with E-state index in [0.29, 0.717) is 58.7 Å². The molecule has 1 aliphatic heterocycles. The van der Waals surface area contributed by atoms with Crippen molar-refractivity contribution in [3.8, 4) is 0 Å². The summed E-state index contributed by atoms with van der Waals surface area (Å²) in [6.07, 6.45) is 1.56. The summed E-state index contributed by atoms with van der Waals surface area (Å²) < 4.78 is 5.21. The molecule has 3 aromatic rings. The number of benzene rings is 1. The second-order valence-electron chi connectivity index (χ2n) is 7.78. The fourth-order valence-corrected chi connectivity index (χ4v) is 4.65. The standard InChI is InChI=1S/C23H23Cl2N5O3S/c1-15-13-29(8-9-30(15)22(32)16-4-6-17(24)7-5-16)20-11-19(25)27-23(28-20)34-14-21(31)26-12-18-3-2-10-33-18/h2-7,10-11,15H,8-9,12-14H2,1H3,(H,26,31). The number of amides is 2. The normalized spacial score (nSPS) is 15.9. The third kappa shape index (κ3) is 6.22. The van der Waals surface area contributed by atoms with Crippen LogP contribution in [-0.2, 0) is 11.3 Å². The first-order valence-corrected chi connectivity index (χ1v) is 12.4. The fourth-order valence-electron chi connectivity index (χ4n) is 3.62. The molecule has 8 nitrogen and oxygen atoms in total. The van der Waals surface area contributed by atoms with Crippen molar-refractivity contribution in [1.29, 1.82) is 0 Å². The molecule has 1 aromatic carbocycles. The minimum Gasteiger partial charge on any atom is -0.467 e. The van der Waals surface area contributed by atoms with Gasteiger partial charge < -0.3 is 19.5 Å². The molecule has 1 N–H and O–H groups in total. The lowest BCUT2D eigenvalue weighted by Gasteiger charge is -2.40. The van der Waals surface area contributed by atoms with E-state index in [2.05, 4.69) is 20.2 Å². The van der Waals surface area contributed by atoms with Gasteiger partial charge in [-0.25, -0.2) is 9.97 Å². The summed E-state index contributed by atoms with van der Waals surface area (Å²) in [5.41, 5.74) is 0.610. The molecule has 1 fully saturated rings. The van der Waals surface area contributed by atoms with Crippen molar-refractivity contribution < 1.29 is 14.0 Å². The van der Waals surface area contributed by atoms with Gasteiger partial charge in [0.05, 0.1) is 18.6 Å². The number of hydrogen-bond donors (Lipinski definition) is 1. The van der Waals surface area contributed by atoms with Crippen LogP contribution in [0.1, 0.15) is 23.0 Å². The zero-order chi connectivity index (χ0) is 24.1. The van der Waals surface area contributed by atoms with Crippen LogP contribution in [0, 0.1) is 0 Å². The maximum Gasteiger partial charge on any atom is 0.254 e. The van der Waals surface area contributed by atoms with E-state index in [1.807, 2.05) is 11.8 Å². The van der Waals surface area contributed by atoms with E-state index >= 15 is 0 Å². The highest BCUT2D eigenvalue weighted by molar-refractivity contribution is 7.99. The van der Waals surface area contributed by atoms with Gasteiger partial charge in [0, 0.05) is 42.3 Å². The number of carbonyl (C=O) groups is 2. The average Bonchev–Trinajstić information content (AvgIpc) is 3.35. The molecule has 1 unspecified atom stereocenters. The smallest absolute Gasteiger partial charge is 0.254 e. The summed E-state index contributed by atoms with van der Waals surface area (Å²) in [6.45, 7) is 4.07. The monoisotopic (exact) mass is 519 g/mol. The molecule has 178 valence electrons. The largest absolute Gasteiger partial charge is 0.467 e. The van der Waals surface area contributed by atoms with Crippen molar-refractivity contribution in [2.45, 2.75) is 24.7 Å². The summed E-state index contributed by atoms with van der Waals surface area (Å²) in [5.74, 6) is 1.32. The maximum atomic E-state index is 12.9. The van der Waals surface area contributed by atoms with Crippen molar-refractivity contribution in [2.24, 2.45) is 0 Å². The molecule has 0 bridgehead atoms. The molecule has 3 heterocycles. The zero-order valence-electron chi connectivity index (χ0n) is 18.4. The lowest BCUT2D eigenvalue weighted by molar-refractivity contribution is -0.118. The van der Waals surface area contributed by atoms with Crippen molar-refractivity contribution in [1.82, 2.24) is 20.2 Å². The van der Waals surface area contributed by atoms with Gasteiger partial charge in [0.25, 0.3) is 5.91 Å². The van der Waals surface area contributed by atoms with E-state index < -0.39 is 0 Å². The number of rotatable bonds is 7. The second-order valence-corrected chi connectivity index (χ2v) is 9.54. The first-order chi connectivity index (χ1) is 16.4. The molecule has 1 saturated heterocycles. The Morgan fingerprint density at radius 3 is 2.68 bits per heavy atom. The molecule has 11 heteroatoms. The zero-order valence-corrected chi connectivity index (χ0v) is 20.7. The lowest BCUT2D eigenvalue weighted by atomic mass is 10.1. The fraction of sp³-hybridized carbons (Fsp3) is 0.304. The van der Waals surface area contributed by atoms with Crippen molar-refractivity contribution in [3.05, 3.63) is 70.2 Å². The van der Waals surface area contributed by atoms with Crippen LogP contribution >= 0.6 is 35.0 Å². The number of piperazine rings is 1. The van der Waals surface area contributed by atoms with Gasteiger partial charge >= 0.3 is 0 Å². The maximum absolute atomic E-state index is 12.9. The van der Waals surface area contributed by atoms with Crippen LogP contribution in [0.5, 0.6) is 0 Å². The van der Waals surface area contributed by atoms with Gasteiger partial charge in [-0.3, -0.25) is 9.59 Å². The molecule has 0 aliphatic carbocycles. The Labute approximate surface area is 211 Å². The van der Waals surface area contributed by atoms with E-state index in [1.54, 1.807) is 48.7 Å². The Morgan fingerprint density at radius 1 is 1.18 bits per heavy atom. The number of furan rings is 1.